The van der Waals surface area contributed by atoms with E-state index in [1.807, 2.05) is 0 Å². The predicted octanol–water partition coefficient (Wildman–Crippen LogP) is 3.65. The molecular weight excluding hydrogens is 374 g/mol. The Labute approximate surface area is 155 Å². The summed E-state index contributed by atoms with van der Waals surface area (Å²) in [5, 5.41) is 4.28. The third kappa shape index (κ3) is 3.33. The van der Waals surface area contributed by atoms with Crippen molar-refractivity contribution in [3.8, 4) is 5.69 Å². The van der Waals surface area contributed by atoms with Gasteiger partial charge in [-0.3, -0.25) is 9.36 Å². The van der Waals surface area contributed by atoms with Crippen molar-refractivity contribution in [2.75, 3.05) is 0 Å². The SMILES string of the molecule is Cc1noc(CSc2nc3ccccc3c(=O)n2-c2ccc(F)cc2F)n1. The number of hydrogen-bond acceptors (Lipinski definition) is 6. The summed E-state index contributed by atoms with van der Waals surface area (Å²) in [7, 11) is 0. The van der Waals surface area contributed by atoms with Crippen LogP contribution in [0.2, 0.25) is 0 Å². The lowest BCUT2D eigenvalue weighted by atomic mass is 10.2. The molecule has 0 spiro atoms. The minimum Gasteiger partial charge on any atom is -0.338 e. The number of thioether (sulfide) groups is 1. The molecule has 0 fully saturated rings. The van der Waals surface area contributed by atoms with Crippen LogP contribution < -0.4 is 5.56 Å². The van der Waals surface area contributed by atoms with Crippen LogP contribution in [0.1, 0.15) is 11.7 Å². The maximum atomic E-state index is 14.4. The van der Waals surface area contributed by atoms with Gasteiger partial charge < -0.3 is 4.52 Å². The largest absolute Gasteiger partial charge is 0.338 e. The highest BCUT2D eigenvalue weighted by atomic mass is 32.2. The Morgan fingerprint density at radius 3 is 2.70 bits per heavy atom. The van der Waals surface area contributed by atoms with E-state index in [1.165, 1.54) is 6.07 Å². The highest BCUT2D eigenvalue weighted by molar-refractivity contribution is 7.98. The fraction of sp³-hybridized carbons (Fsp3) is 0.111. The molecule has 2 aromatic carbocycles. The van der Waals surface area contributed by atoms with Crippen LogP contribution >= 0.6 is 11.8 Å². The van der Waals surface area contributed by atoms with Gasteiger partial charge in [-0.2, -0.15) is 4.98 Å². The molecule has 2 aromatic heterocycles. The number of para-hydroxylation sites is 1. The van der Waals surface area contributed by atoms with Gasteiger partial charge in [0.25, 0.3) is 5.56 Å². The van der Waals surface area contributed by atoms with Crippen LogP contribution in [-0.4, -0.2) is 19.7 Å². The molecule has 0 unspecified atom stereocenters. The summed E-state index contributed by atoms with van der Waals surface area (Å²) in [5.74, 6) is -0.502. The monoisotopic (exact) mass is 386 g/mol. The van der Waals surface area contributed by atoms with Gasteiger partial charge in [0.15, 0.2) is 11.0 Å². The number of hydrogen-bond donors (Lipinski definition) is 0. The van der Waals surface area contributed by atoms with E-state index in [1.54, 1.807) is 31.2 Å². The second-order valence-electron chi connectivity index (χ2n) is 5.67. The number of rotatable bonds is 4. The van der Waals surface area contributed by atoms with Gasteiger partial charge in [-0.25, -0.2) is 13.8 Å². The average molecular weight is 386 g/mol. The molecule has 0 saturated carbocycles. The van der Waals surface area contributed by atoms with Crippen LogP contribution in [0.4, 0.5) is 8.78 Å². The summed E-state index contributed by atoms with van der Waals surface area (Å²) in [6, 6.07) is 9.80. The maximum absolute atomic E-state index is 14.4. The molecular formula is C18H12F2N4O2S. The van der Waals surface area contributed by atoms with Crippen LogP contribution in [0.3, 0.4) is 0 Å². The molecule has 0 amide bonds. The predicted molar refractivity (Wildman–Crippen MR) is 95.9 cm³/mol. The van der Waals surface area contributed by atoms with Crippen LogP contribution in [0.25, 0.3) is 16.6 Å². The van der Waals surface area contributed by atoms with Crippen LogP contribution in [-0.2, 0) is 5.75 Å². The lowest BCUT2D eigenvalue weighted by Crippen LogP contribution is -2.22. The summed E-state index contributed by atoms with van der Waals surface area (Å²) >= 11 is 1.15. The zero-order valence-corrected chi connectivity index (χ0v) is 14.8. The number of fused-ring (bicyclic) bond motifs is 1. The third-order valence-electron chi connectivity index (χ3n) is 3.79. The number of aryl methyl sites for hydroxylation is 1. The molecule has 0 radical (unpaired) electrons. The van der Waals surface area contributed by atoms with Gasteiger partial charge >= 0.3 is 0 Å². The summed E-state index contributed by atoms with van der Waals surface area (Å²) < 4.78 is 33.9. The van der Waals surface area contributed by atoms with E-state index < -0.39 is 17.2 Å². The summed E-state index contributed by atoms with van der Waals surface area (Å²) in [4.78, 5) is 21.6. The van der Waals surface area contributed by atoms with Crippen molar-refractivity contribution in [1.82, 2.24) is 19.7 Å². The summed E-state index contributed by atoms with van der Waals surface area (Å²) in [6.45, 7) is 1.69. The maximum Gasteiger partial charge on any atom is 0.266 e. The number of aromatic nitrogens is 4. The first-order valence-electron chi connectivity index (χ1n) is 7.92. The topological polar surface area (TPSA) is 73.8 Å². The molecule has 0 saturated heterocycles. The van der Waals surface area contributed by atoms with Gasteiger partial charge in [-0.05, 0) is 31.2 Å². The standard InChI is InChI=1S/C18H12F2N4O2S/c1-10-21-16(26-23-10)9-27-18-22-14-5-3-2-4-12(14)17(25)24(18)15-7-6-11(19)8-13(15)20/h2-8H,9H2,1H3. The first kappa shape index (κ1) is 17.3. The molecule has 6 nitrogen and oxygen atoms in total. The molecule has 0 aliphatic rings. The molecule has 136 valence electrons. The van der Waals surface area contributed by atoms with Crippen LogP contribution in [0, 0.1) is 18.6 Å². The van der Waals surface area contributed by atoms with Gasteiger partial charge in [-0.15, -0.1) is 0 Å². The van der Waals surface area contributed by atoms with Gasteiger partial charge in [-0.1, -0.05) is 29.1 Å². The molecule has 0 N–H and O–H groups in total. The van der Waals surface area contributed by atoms with Gasteiger partial charge in [0.2, 0.25) is 5.89 Å². The van der Waals surface area contributed by atoms with E-state index >= 15 is 0 Å². The van der Waals surface area contributed by atoms with Crippen LogP contribution in [0.15, 0.2) is 56.9 Å². The lowest BCUT2D eigenvalue weighted by molar-refractivity contribution is 0.387. The molecule has 4 rings (SSSR count). The molecule has 0 atom stereocenters. The fourth-order valence-electron chi connectivity index (χ4n) is 2.61. The molecule has 4 aromatic rings. The van der Waals surface area contributed by atoms with E-state index in [2.05, 4.69) is 15.1 Å². The molecule has 27 heavy (non-hydrogen) atoms. The van der Waals surface area contributed by atoms with E-state index in [0.29, 0.717) is 22.6 Å². The lowest BCUT2D eigenvalue weighted by Gasteiger charge is -2.13. The summed E-state index contributed by atoms with van der Waals surface area (Å²) in [6.07, 6.45) is 0. The van der Waals surface area contributed by atoms with E-state index in [-0.39, 0.29) is 16.6 Å². The Bertz CT molecular complexity index is 1210. The molecule has 0 aliphatic heterocycles. The highest BCUT2D eigenvalue weighted by Crippen LogP contribution is 2.25. The second-order valence-corrected chi connectivity index (χ2v) is 6.61. The first-order chi connectivity index (χ1) is 13.0. The van der Waals surface area contributed by atoms with Crippen molar-refractivity contribution in [2.45, 2.75) is 17.8 Å². The molecule has 9 heteroatoms. The number of nitrogens with zero attached hydrogens (tertiary/aromatic N) is 4. The normalized spacial score (nSPS) is 11.2. The smallest absolute Gasteiger partial charge is 0.266 e. The highest BCUT2D eigenvalue weighted by Gasteiger charge is 2.17. The molecule has 2 heterocycles. The van der Waals surface area contributed by atoms with Crippen molar-refractivity contribution in [2.24, 2.45) is 0 Å². The van der Waals surface area contributed by atoms with Crippen molar-refractivity contribution < 1.29 is 13.3 Å². The Balaban J connectivity index is 1.88. The number of halogens is 2. The summed E-state index contributed by atoms with van der Waals surface area (Å²) in [5.41, 5.74) is -0.0512. The minimum absolute atomic E-state index is 0.0798. The zero-order valence-electron chi connectivity index (χ0n) is 14.0. The minimum atomic E-state index is -0.857. The quantitative estimate of drug-likeness (QED) is 0.394. The van der Waals surface area contributed by atoms with E-state index in [9.17, 15) is 13.6 Å². The van der Waals surface area contributed by atoms with Crippen molar-refractivity contribution in [3.63, 3.8) is 0 Å². The van der Waals surface area contributed by atoms with E-state index in [0.717, 1.165) is 28.5 Å². The number of benzene rings is 2. The Morgan fingerprint density at radius 1 is 1.15 bits per heavy atom. The Kier molecular flexibility index (Phi) is 4.44. The van der Waals surface area contributed by atoms with Crippen molar-refractivity contribution >= 4 is 22.7 Å². The third-order valence-corrected chi connectivity index (χ3v) is 4.71. The second kappa shape index (κ2) is 6.92. The van der Waals surface area contributed by atoms with E-state index in [4.69, 9.17) is 4.52 Å². The van der Waals surface area contributed by atoms with Gasteiger partial charge in [0.05, 0.1) is 22.3 Å². The zero-order chi connectivity index (χ0) is 19.0. The Hall–Kier alpha value is -3.07. The van der Waals surface area contributed by atoms with Gasteiger partial charge in [0.1, 0.15) is 11.6 Å². The van der Waals surface area contributed by atoms with Gasteiger partial charge in [0, 0.05) is 6.07 Å². The molecule has 0 aliphatic carbocycles. The first-order valence-corrected chi connectivity index (χ1v) is 8.90. The fourth-order valence-corrected chi connectivity index (χ4v) is 3.45. The van der Waals surface area contributed by atoms with Crippen molar-refractivity contribution in [1.29, 1.82) is 0 Å². The average Bonchev–Trinajstić information content (AvgIpc) is 3.06. The van der Waals surface area contributed by atoms with Crippen molar-refractivity contribution in [3.05, 3.63) is 76.2 Å². The van der Waals surface area contributed by atoms with Crippen LogP contribution in [0.5, 0.6) is 0 Å². The Morgan fingerprint density at radius 2 is 1.96 bits per heavy atom. The molecule has 0 bridgehead atoms.